The Balaban J connectivity index is 0.00000220. The predicted molar refractivity (Wildman–Crippen MR) is 88.8 cm³/mol. The van der Waals surface area contributed by atoms with E-state index in [2.05, 4.69) is 21.2 Å². The zero-order valence-electron chi connectivity index (χ0n) is 12.2. The molecule has 1 aromatic rings. The number of halogens is 2. The molecule has 2 atom stereocenters. The van der Waals surface area contributed by atoms with Gasteiger partial charge in [-0.3, -0.25) is 0 Å². The van der Waals surface area contributed by atoms with Gasteiger partial charge in [0.2, 0.25) is 10.0 Å². The quantitative estimate of drug-likeness (QED) is 0.847. The average molecular weight is 400 g/mol. The second kappa shape index (κ2) is 7.28. The maximum absolute atomic E-state index is 12.8. The summed E-state index contributed by atoms with van der Waals surface area (Å²) in [5.74, 6) is 0.522. The minimum atomic E-state index is -3.52. The molecule has 0 radical (unpaired) electrons. The molecule has 1 aromatic carbocycles. The van der Waals surface area contributed by atoms with Gasteiger partial charge < -0.3 is 10.1 Å². The van der Waals surface area contributed by atoms with Crippen molar-refractivity contribution >= 4 is 38.4 Å². The van der Waals surface area contributed by atoms with E-state index in [-0.39, 0.29) is 29.4 Å². The van der Waals surface area contributed by atoms with Crippen LogP contribution in [0.3, 0.4) is 0 Å². The van der Waals surface area contributed by atoms with Crippen molar-refractivity contribution in [1.82, 2.24) is 9.62 Å². The van der Waals surface area contributed by atoms with Gasteiger partial charge in [0.1, 0.15) is 5.75 Å². The summed E-state index contributed by atoms with van der Waals surface area (Å²) >= 11 is 3.32. The summed E-state index contributed by atoms with van der Waals surface area (Å²) in [6.07, 6.45) is 0. The molecule has 0 spiro atoms. The Kier molecular flexibility index (Phi) is 6.49. The maximum atomic E-state index is 12.8. The number of hydrogen-bond acceptors (Lipinski definition) is 4. The van der Waals surface area contributed by atoms with E-state index in [9.17, 15) is 8.42 Å². The number of rotatable bonds is 3. The first-order chi connectivity index (χ1) is 9.36. The Morgan fingerprint density at radius 3 is 2.62 bits per heavy atom. The zero-order chi connectivity index (χ0) is 14.9. The Bertz CT molecular complexity index is 597. The van der Waals surface area contributed by atoms with Crippen molar-refractivity contribution < 1.29 is 13.2 Å². The van der Waals surface area contributed by atoms with E-state index in [4.69, 9.17) is 4.74 Å². The molecule has 0 aliphatic carbocycles. The predicted octanol–water partition coefficient (Wildman–Crippen LogP) is 2.25. The van der Waals surface area contributed by atoms with Gasteiger partial charge in [-0.2, -0.15) is 4.31 Å². The van der Waals surface area contributed by atoms with Gasteiger partial charge in [-0.15, -0.1) is 12.4 Å². The van der Waals surface area contributed by atoms with Gasteiger partial charge in [-0.25, -0.2) is 8.42 Å². The smallest absolute Gasteiger partial charge is 0.243 e. The lowest BCUT2D eigenvalue weighted by Crippen LogP contribution is -2.57. The maximum Gasteiger partial charge on any atom is 0.243 e. The lowest BCUT2D eigenvalue weighted by Gasteiger charge is -2.37. The molecule has 2 unspecified atom stereocenters. The van der Waals surface area contributed by atoms with Crippen molar-refractivity contribution in [1.29, 1.82) is 0 Å². The van der Waals surface area contributed by atoms with Gasteiger partial charge in [0.05, 0.1) is 12.0 Å². The fourth-order valence-corrected chi connectivity index (χ4v) is 4.69. The third kappa shape index (κ3) is 3.90. The highest BCUT2D eigenvalue weighted by Gasteiger charge is 2.34. The van der Waals surface area contributed by atoms with E-state index in [1.54, 1.807) is 22.5 Å². The number of sulfonamides is 1. The molecule has 2 rings (SSSR count). The van der Waals surface area contributed by atoms with E-state index in [0.29, 0.717) is 23.3 Å². The summed E-state index contributed by atoms with van der Waals surface area (Å²) in [6, 6.07) is 4.95. The van der Waals surface area contributed by atoms with E-state index < -0.39 is 10.0 Å². The Hall–Kier alpha value is -0.340. The molecule has 5 nitrogen and oxygen atoms in total. The first kappa shape index (κ1) is 18.7. The summed E-state index contributed by atoms with van der Waals surface area (Å²) in [7, 11) is -1.99. The molecule has 1 heterocycles. The number of piperazine rings is 1. The van der Waals surface area contributed by atoms with Crippen LogP contribution in [0.25, 0.3) is 0 Å². The van der Waals surface area contributed by atoms with E-state index in [0.717, 1.165) is 0 Å². The summed E-state index contributed by atoms with van der Waals surface area (Å²) in [6.45, 7) is 5.05. The first-order valence-electron chi connectivity index (χ1n) is 6.46. The van der Waals surface area contributed by atoms with Crippen molar-refractivity contribution in [2.75, 3.05) is 20.2 Å². The molecule has 0 saturated carbocycles. The lowest BCUT2D eigenvalue weighted by atomic mass is 10.1. The average Bonchev–Trinajstić information content (AvgIpc) is 2.40. The first-order valence-corrected chi connectivity index (χ1v) is 8.69. The van der Waals surface area contributed by atoms with Crippen molar-refractivity contribution in [2.24, 2.45) is 0 Å². The molecule has 1 N–H and O–H groups in total. The molecule has 1 aliphatic rings. The number of ether oxygens (including phenoxy) is 1. The second-order valence-electron chi connectivity index (χ2n) is 4.93. The van der Waals surface area contributed by atoms with Crippen LogP contribution in [0.2, 0.25) is 0 Å². The molecule has 0 bridgehead atoms. The molecule has 1 fully saturated rings. The number of nitrogens with zero attached hydrogens (tertiary/aromatic N) is 1. The molecule has 8 heteroatoms. The monoisotopic (exact) mass is 398 g/mol. The summed E-state index contributed by atoms with van der Waals surface area (Å²) in [5.41, 5.74) is 0. The van der Waals surface area contributed by atoms with Crippen LogP contribution in [0, 0.1) is 0 Å². The third-order valence-electron chi connectivity index (χ3n) is 3.66. The van der Waals surface area contributed by atoms with Gasteiger partial charge >= 0.3 is 0 Å². The van der Waals surface area contributed by atoms with Crippen molar-refractivity contribution in [3.8, 4) is 5.75 Å². The molecule has 0 aromatic heterocycles. The third-order valence-corrected chi connectivity index (χ3v) is 6.09. The van der Waals surface area contributed by atoms with Crippen LogP contribution in [0.15, 0.2) is 27.6 Å². The highest BCUT2D eigenvalue weighted by Crippen LogP contribution is 2.28. The summed E-state index contributed by atoms with van der Waals surface area (Å²) in [5, 5.41) is 3.28. The van der Waals surface area contributed by atoms with Crippen LogP contribution in [-0.2, 0) is 10.0 Å². The van der Waals surface area contributed by atoms with Crippen LogP contribution in [0.4, 0.5) is 0 Å². The van der Waals surface area contributed by atoms with Crippen LogP contribution in [-0.4, -0.2) is 45.0 Å². The number of methoxy groups -OCH3 is 1. The van der Waals surface area contributed by atoms with Gasteiger partial charge in [-0.05, 0) is 26.0 Å². The lowest BCUT2D eigenvalue weighted by molar-refractivity contribution is 0.233. The van der Waals surface area contributed by atoms with Crippen LogP contribution < -0.4 is 10.1 Å². The summed E-state index contributed by atoms with van der Waals surface area (Å²) < 4.78 is 32.9. The van der Waals surface area contributed by atoms with Gasteiger partial charge in [0.25, 0.3) is 0 Å². The topological polar surface area (TPSA) is 58.6 Å². The highest BCUT2D eigenvalue weighted by molar-refractivity contribution is 9.10. The second-order valence-corrected chi connectivity index (χ2v) is 7.73. The molecular weight excluding hydrogens is 380 g/mol. The normalized spacial score (nSPS) is 23.4. The Morgan fingerprint density at radius 1 is 1.33 bits per heavy atom. The SMILES string of the molecule is COc1cc(Br)cc(S(=O)(=O)N2CCNC(C)C2C)c1.Cl. The molecule has 21 heavy (non-hydrogen) atoms. The van der Waals surface area contributed by atoms with Crippen LogP contribution >= 0.6 is 28.3 Å². The van der Waals surface area contributed by atoms with Gasteiger partial charge in [-0.1, -0.05) is 15.9 Å². The fraction of sp³-hybridized carbons (Fsp3) is 0.538. The number of benzene rings is 1. The van der Waals surface area contributed by atoms with Crippen LogP contribution in [0.5, 0.6) is 5.75 Å². The standard InChI is InChI=1S/C13H19BrN2O3S.ClH/c1-9-10(2)16(5-4-15-9)20(17,18)13-7-11(14)6-12(8-13)19-3;/h6-10,15H,4-5H2,1-3H3;1H. The molecule has 1 aliphatic heterocycles. The van der Waals surface area contributed by atoms with Crippen molar-refractivity contribution in [3.63, 3.8) is 0 Å². The molecule has 1 saturated heterocycles. The Morgan fingerprint density at radius 2 is 2.00 bits per heavy atom. The minimum Gasteiger partial charge on any atom is -0.497 e. The largest absolute Gasteiger partial charge is 0.497 e. The highest BCUT2D eigenvalue weighted by atomic mass is 79.9. The minimum absolute atomic E-state index is 0. The molecular formula is C13H20BrClN2O3S. The Labute approximate surface area is 140 Å². The molecule has 120 valence electrons. The van der Waals surface area contributed by atoms with Crippen molar-refractivity contribution in [3.05, 3.63) is 22.7 Å². The van der Waals surface area contributed by atoms with E-state index in [1.165, 1.54) is 7.11 Å². The molecule has 0 amide bonds. The number of hydrogen-bond donors (Lipinski definition) is 1. The van der Waals surface area contributed by atoms with Crippen molar-refractivity contribution in [2.45, 2.75) is 30.8 Å². The van der Waals surface area contributed by atoms with Gasteiger partial charge in [0.15, 0.2) is 0 Å². The zero-order valence-corrected chi connectivity index (χ0v) is 15.4. The van der Waals surface area contributed by atoms with Crippen LogP contribution in [0.1, 0.15) is 13.8 Å². The summed E-state index contributed by atoms with van der Waals surface area (Å²) in [4.78, 5) is 0.254. The van der Waals surface area contributed by atoms with E-state index in [1.807, 2.05) is 13.8 Å². The van der Waals surface area contributed by atoms with Gasteiger partial charge in [0, 0.05) is 35.7 Å². The van der Waals surface area contributed by atoms with E-state index >= 15 is 0 Å². The fourth-order valence-electron chi connectivity index (χ4n) is 2.30. The number of nitrogens with one attached hydrogen (secondary N) is 1.